The van der Waals surface area contributed by atoms with E-state index in [4.69, 9.17) is 11.6 Å². The van der Waals surface area contributed by atoms with Crippen molar-refractivity contribution in [2.45, 2.75) is 13.8 Å². The fraction of sp³-hybridized carbons (Fsp3) is 0.450. The van der Waals surface area contributed by atoms with Gasteiger partial charge in [0, 0.05) is 50.0 Å². The molecule has 1 aromatic carbocycles. The number of thiazole rings is 1. The largest absolute Gasteiger partial charge is 0.368 e. The molecule has 1 aliphatic heterocycles. The van der Waals surface area contributed by atoms with Crippen molar-refractivity contribution in [2.24, 2.45) is 4.99 Å². The molecular weight excluding hydrogens is 535 g/mol. The number of hydrogen-bond acceptors (Lipinski definition) is 5. The third kappa shape index (κ3) is 6.71. The topological polar surface area (TPSA) is 72.9 Å². The van der Waals surface area contributed by atoms with Gasteiger partial charge in [-0.1, -0.05) is 17.7 Å². The number of aliphatic imine (C=N–C) groups is 1. The molecule has 30 heavy (non-hydrogen) atoms. The SMILES string of the molecule is CCNC(=NCCNC(=O)c1scnc1C)N1CCN(c2cccc(Cl)c2)CC1.I. The van der Waals surface area contributed by atoms with Gasteiger partial charge in [-0.25, -0.2) is 4.98 Å². The minimum absolute atomic E-state index is 0. The number of piperazine rings is 1. The summed E-state index contributed by atoms with van der Waals surface area (Å²) in [4.78, 5) is 26.2. The third-order valence-corrected chi connectivity index (χ3v) is 5.86. The third-order valence-electron chi connectivity index (χ3n) is 4.70. The number of benzene rings is 1. The zero-order valence-corrected chi connectivity index (χ0v) is 21.1. The molecule has 1 aromatic heterocycles. The Morgan fingerprint density at radius 3 is 2.67 bits per heavy atom. The van der Waals surface area contributed by atoms with E-state index in [-0.39, 0.29) is 29.9 Å². The van der Waals surface area contributed by atoms with Gasteiger partial charge in [0.15, 0.2) is 5.96 Å². The molecule has 0 unspecified atom stereocenters. The van der Waals surface area contributed by atoms with Gasteiger partial charge in [0.05, 0.1) is 17.7 Å². The van der Waals surface area contributed by atoms with Crippen molar-refractivity contribution in [1.82, 2.24) is 20.5 Å². The van der Waals surface area contributed by atoms with Crippen LogP contribution < -0.4 is 15.5 Å². The summed E-state index contributed by atoms with van der Waals surface area (Å²) in [5.41, 5.74) is 3.61. The van der Waals surface area contributed by atoms with Crippen molar-refractivity contribution in [2.75, 3.05) is 50.7 Å². The second kappa shape index (κ2) is 12.3. The highest BCUT2D eigenvalue weighted by Gasteiger charge is 2.20. The highest BCUT2D eigenvalue weighted by molar-refractivity contribution is 14.0. The van der Waals surface area contributed by atoms with E-state index >= 15 is 0 Å². The number of aromatic nitrogens is 1. The molecule has 2 aromatic rings. The predicted molar refractivity (Wildman–Crippen MR) is 136 cm³/mol. The van der Waals surface area contributed by atoms with Crippen LogP contribution in [0.3, 0.4) is 0 Å². The molecule has 0 atom stereocenters. The van der Waals surface area contributed by atoms with Gasteiger partial charge in [0.1, 0.15) is 4.88 Å². The summed E-state index contributed by atoms with van der Waals surface area (Å²) in [6.45, 7) is 9.31. The number of carbonyl (C=O) groups excluding carboxylic acids is 1. The Labute approximate surface area is 203 Å². The molecule has 2 heterocycles. The number of aryl methyl sites for hydroxylation is 1. The standard InChI is InChI=1S/C20H27ClN6OS.HI/c1-3-22-20(24-8-7-23-19(28)18-15(2)25-14-29-18)27-11-9-26(10-12-27)17-6-4-5-16(21)13-17;/h4-6,13-14H,3,7-12H2,1-2H3,(H,22,24)(H,23,28);1H. The highest BCUT2D eigenvalue weighted by atomic mass is 127. The van der Waals surface area contributed by atoms with E-state index in [1.165, 1.54) is 11.3 Å². The van der Waals surface area contributed by atoms with Gasteiger partial charge in [-0.05, 0) is 32.0 Å². The number of carbonyl (C=O) groups is 1. The van der Waals surface area contributed by atoms with Crippen LogP contribution in [-0.4, -0.2) is 67.6 Å². The van der Waals surface area contributed by atoms with Crippen LogP contribution in [0, 0.1) is 6.92 Å². The van der Waals surface area contributed by atoms with Crippen molar-refractivity contribution in [3.05, 3.63) is 45.4 Å². The predicted octanol–water partition coefficient (Wildman–Crippen LogP) is 3.24. The van der Waals surface area contributed by atoms with Crippen LogP contribution in [0.25, 0.3) is 0 Å². The van der Waals surface area contributed by atoms with Crippen LogP contribution in [0.1, 0.15) is 22.3 Å². The van der Waals surface area contributed by atoms with Gasteiger partial charge in [-0.15, -0.1) is 35.3 Å². The first-order chi connectivity index (χ1) is 14.1. The van der Waals surface area contributed by atoms with Crippen molar-refractivity contribution in [3.63, 3.8) is 0 Å². The van der Waals surface area contributed by atoms with Gasteiger partial charge in [-0.3, -0.25) is 9.79 Å². The number of anilines is 1. The number of hydrogen-bond donors (Lipinski definition) is 2. The van der Waals surface area contributed by atoms with Gasteiger partial charge in [-0.2, -0.15) is 0 Å². The van der Waals surface area contributed by atoms with E-state index in [1.807, 2.05) is 25.1 Å². The fourth-order valence-corrected chi connectivity index (χ4v) is 4.11. The minimum atomic E-state index is -0.0830. The Bertz CT molecular complexity index is 853. The van der Waals surface area contributed by atoms with E-state index in [9.17, 15) is 4.79 Å². The number of nitrogens with zero attached hydrogens (tertiary/aromatic N) is 4. The summed E-state index contributed by atoms with van der Waals surface area (Å²) in [5.74, 6) is 0.807. The Morgan fingerprint density at radius 1 is 1.27 bits per heavy atom. The van der Waals surface area contributed by atoms with Crippen LogP contribution >= 0.6 is 46.9 Å². The summed E-state index contributed by atoms with van der Waals surface area (Å²) in [6, 6.07) is 7.97. The number of halogens is 2. The molecule has 7 nitrogen and oxygen atoms in total. The molecule has 1 amide bonds. The first kappa shape index (κ1) is 24.7. The van der Waals surface area contributed by atoms with E-state index in [0.29, 0.717) is 18.0 Å². The zero-order valence-electron chi connectivity index (χ0n) is 17.2. The van der Waals surface area contributed by atoms with Crippen LogP contribution in [0.2, 0.25) is 5.02 Å². The molecule has 0 spiro atoms. The molecule has 1 saturated heterocycles. The lowest BCUT2D eigenvalue weighted by Crippen LogP contribution is -2.52. The second-order valence-electron chi connectivity index (χ2n) is 6.71. The number of amides is 1. The van der Waals surface area contributed by atoms with E-state index in [2.05, 4.69) is 43.4 Å². The summed E-state index contributed by atoms with van der Waals surface area (Å²) >= 11 is 7.48. The number of rotatable bonds is 6. The van der Waals surface area contributed by atoms with Gasteiger partial charge < -0.3 is 20.4 Å². The Hall–Kier alpha value is -1.59. The minimum Gasteiger partial charge on any atom is -0.368 e. The van der Waals surface area contributed by atoms with Crippen molar-refractivity contribution < 1.29 is 4.79 Å². The summed E-state index contributed by atoms with van der Waals surface area (Å²) < 4.78 is 0. The Balaban J connectivity index is 0.00000320. The van der Waals surface area contributed by atoms with Crippen molar-refractivity contribution in [3.8, 4) is 0 Å². The Kier molecular flexibility index (Phi) is 10.1. The average Bonchev–Trinajstić information content (AvgIpc) is 3.16. The smallest absolute Gasteiger partial charge is 0.263 e. The monoisotopic (exact) mass is 562 g/mol. The molecule has 0 saturated carbocycles. The van der Waals surface area contributed by atoms with Crippen LogP contribution in [0.4, 0.5) is 5.69 Å². The molecule has 0 bridgehead atoms. The molecule has 10 heteroatoms. The second-order valence-corrected chi connectivity index (χ2v) is 8.00. The van der Waals surface area contributed by atoms with Crippen molar-refractivity contribution in [1.29, 1.82) is 0 Å². The zero-order chi connectivity index (χ0) is 20.6. The molecule has 1 aliphatic rings. The normalized spacial score (nSPS) is 14.3. The maximum absolute atomic E-state index is 12.2. The fourth-order valence-electron chi connectivity index (χ4n) is 3.21. The quantitative estimate of drug-likeness (QED) is 0.245. The summed E-state index contributed by atoms with van der Waals surface area (Å²) in [5, 5.41) is 7.03. The lowest BCUT2D eigenvalue weighted by molar-refractivity contribution is 0.0958. The van der Waals surface area contributed by atoms with Crippen LogP contribution in [-0.2, 0) is 0 Å². The van der Waals surface area contributed by atoms with Gasteiger partial charge in [0.25, 0.3) is 5.91 Å². The number of nitrogens with one attached hydrogen (secondary N) is 2. The van der Waals surface area contributed by atoms with E-state index in [0.717, 1.165) is 55.1 Å². The molecule has 164 valence electrons. The lowest BCUT2D eigenvalue weighted by Gasteiger charge is -2.37. The average molecular weight is 563 g/mol. The van der Waals surface area contributed by atoms with E-state index in [1.54, 1.807) is 5.51 Å². The molecule has 0 aliphatic carbocycles. The van der Waals surface area contributed by atoms with Crippen molar-refractivity contribution >= 4 is 64.5 Å². The Morgan fingerprint density at radius 2 is 2.03 bits per heavy atom. The molecule has 2 N–H and O–H groups in total. The lowest BCUT2D eigenvalue weighted by atomic mass is 10.2. The maximum atomic E-state index is 12.2. The van der Waals surface area contributed by atoms with Gasteiger partial charge >= 0.3 is 0 Å². The number of guanidine groups is 1. The van der Waals surface area contributed by atoms with Crippen LogP contribution in [0.15, 0.2) is 34.8 Å². The highest BCUT2D eigenvalue weighted by Crippen LogP contribution is 2.20. The maximum Gasteiger partial charge on any atom is 0.263 e. The first-order valence-corrected chi connectivity index (χ1v) is 11.1. The molecular formula is C20H28ClIN6OS. The molecule has 1 fully saturated rings. The first-order valence-electron chi connectivity index (χ1n) is 9.80. The summed E-state index contributed by atoms with van der Waals surface area (Å²) in [7, 11) is 0. The van der Waals surface area contributed by atoms with Crippen LogP contribution in [0.5, 0.6) is 0 Å². The van der Waals surface area contributed by atoms with E-state index < -0.39 is 0 Å². The molecule has 0 radical (unpaired) electrons. The van der Waals surface area contributed by atoms with Gasteiger partial charge in [0.2, 0.25) is 0 Å². The summed E-state index contributed by atoms with van der Waals surface area (Å²) in [6.07, 6.45) is 0. The molecule has 3 rings (SSSR count).